The van der Waals surface area contributed by atoms with E-state index in [2.05, 4.69) is 10.5 Å². The molecule has 1 amide bonds. The van der Waals surface area contributed by atoms with Crippen LogP contribution in [0.15, 0.2) is 4.52 Å². The minimum absolute atomic E-state index is 0.165. The zero-order valence-electron chi connectivity index (χ0n) is 11.3. The largest absolute Gasteiger partial charge is 0.361 e. The van der Waals surface area contributed by atoms with Gasteiger partial charge in [0.1, 0.15) is 11.0 Å². The summed E-state index contributed by atoms with van der Waals surface area (Å²) in [5, 5.41) is 6.04. The molecule has 0 aromatic carbocycles. The van der Waals surface area contributed by atoms with Crippen molar-refractivity contribution in [1.82, 2.24) is 10.5 Å². The van der Waals surface area contributed by atoms with E-state index in [0.717, 1.165) is 17.7 Å². The van der Waals surface area contributed by atoms with Crippen molar-refractivity contribution in [2.75, 3.05) is 6.54 Å². The predicted octanol–water partition coefficient (Wildman–Crippen LogP) is 1.45. The Kier molecular flexibility index (Phi) is 5.53. The molecule has 0 saturated carbocycles. The molecule has 6 heteroatoms. The van der Waals surface area contributed by atoms with Gasteiger partial charge in [0.25, 0.3) is 0 Å². The maximum Gasteiger partial charge on any atom is 0.235 e. The van der Waals surface area contributed by atoms with Crippen LogP contribution in [-0.4, -0.2) is 27.1 Å². The van der Waals surface area contributed by atoms with Crippen molar-refractivity contribution in [1.29, 1.82) is 0 Å². The highest BCUT2D eigenvalue weighted by atomic mass is 32.2. The quantitative estimate of drug-likeness (QED) is 0.851. The highest BCUT2D eigenvalue weighted by Crippen LogP contribution is 2.16. The molecule has 0 radical (unpaired) electrons. The first-order chi connectivity index (χ1) is 8.47. The normalized spacial score (nSPS) is 14.2. The number of nitrogens with zero attached hydrogens (tertiary/aromatic N) is 1. The van der Waals surface area contributed by atoms with Gasteiger partial charge < -0.3 is 9.84 Å². The molecule has 1 N–H and O–H groups in total. The number of nitrogens with one attached hydrogen (secondary N) is 1. The van der Waals surface area contributed by atoms with Crippen molar-refractivity contribution in [2.45, 2.75) is 45.1 Å². The van der Waals surface area contributed by atoms with E-state index in [1.165, 1.54) is 0 Å². The highest BCUT2D eigenvalue weighted by molar-refractivity contribution is 7.85. The first-order valence-electron chi connectivity index (χ1n) is 6.04. The summed E-state index contributed by atoms with van der Waals surface area (Å²) in [5.41, 5.74) is 1.57. The van der Waals surface area contributed by atoms with Gasteiger partial charge in [-0.2, -0.15) is 0 Å². The molecule has 1 heterocycles. The van der Waals surface area contributed by atoms with Gasteiger partial charge in [0.05, 0.1) is 11.4 Å². The summed E-state index contributed by atoms with van der Waals surface area (Å²) in [5.74, 6) is 0.811. The fraction of sp³-hybridized carbons (Fsp3) is 0.667. The molecule has 0 fully saturated rings. The lowest BCUT2D eigenvalue weighted by molar-refractivity contribution is -0.120. The van der Waals surface area contributed by atoms with Crippen LogP contribution in [0.1, 0.15) is 37.3 Å². The van der Waals surface area contributed by atoms with Crippen LogP contribution < -0.4 is 5.32 Å². The molecule has 0 saturated heterocycles. The van der Waals surface area contributed by atoms with Gasteiger partial charge in [-0.1, -0.05) is 12.1 Å². The SMILES string of the molecule is CCCNC(=O)C(C)S(=O)Cc1c(C)noc1C. The number of amides is 1. The van der Waals surface area contributed by atoms with Gasteiger partial charge in [0.2, 0.25) is 5.91 Å². The van der Waals surface area contributed by atoms with E-state index in [1.807, 2.05) is 13.8 Å². The predicted molar refractivity (Wildman–Crippen MR) is 70.6 cm³/mol. The Morgan fingerprint density at radius 3 is 2.67 bits per heavy atom. The molecule has 2 unspecified atom stereocenters. The Morgan fingerprint density at radius 1 is 1.50 bits per heavy atom. The lowest BCUT2D eigenvalue weighted by Gasteiger charge is -2.11. The van der Waals surface area contributed by atoms with Crippen LogP contribution in [0.4, 0.5) is 0 Å². The molecule has 0 aliphatic heterocycles. The van der Waals surface area contributed by atoms with Crippen LogP contribution in [0.5, 0.6) is 0 Å². The van der Waals surface area contributed by atoms with Crippen molar-refractivity contribution in [3.05, 3.63) is 17.0 Å². The number of rotatable bonds is 6. The second kappa shape index (κ2) is 6.68. The van der Waals surface area contributed by atoms with Gasteiger partial charge in [-0.15, -0.1) is 0 Å². The molecule has 18 heavy (non-hydrogen) atoms. The highest BCUT2D eigenvalue weighted by Gasteiger charge is 2.22. The van der Waals surface area contributed by atoms with Crippen molar-refractivity contribution in [3.8, 4) is 0 Å². The molecule has 1 rings (SSSR count). The third kappa shape index (κ3) is 3.66. The zero-order valence-corrected chi connectivity index (χ0v) is 12.1. The lowest BCUT2D eigenvalue weighted by atomic mass is 10.2. The van der Waals surface area contributed by atoms with Crippen molar-refractivity contribution < 1.29 is 13.5 Å². The summed E-state index contributed by atoms with van der Waals surface area (Å²) in [4.78, 5) is 11.7. The van der Waals surface area contributed by atoms with Gasteiger partial charge in [-0.3, -0.25) is 9.00 Å². The molecule has 0 aliphatic rings. The molecule has 2 atom stereocenters. The molecular formula is C12H20N2O3S. The fourth-order valence-electron chi connectivity index (χ4n) is 1.49. The molecule has 102 valence electrons. The summed E-state index contributed by atoms with van der Waals surface area (Å²) in [6.45, 7) is 7.87. The van der Waals surface area contributed by atoms with Crippen LogP contribution in [0.25, 0.3) is 0 Å². The molecule has 0 aliphatic carbocycles. The third-order valence-corrected chi connectivity index (χ3v) is 4.36. The van der Waals surface area contributed by atoms with E-state index < -0.39 is 16.0 Å². The van der Waals surface area contributed by atoms with Crippen molar-refractivity contribution in [3.63, 3.8) is 0 Å². The molecular weight excluding hydrogens is 252 g/mol. The molecule has 5 nitrogen and oxygen atoms in total. The second-order valence-corrected chi connectivity index (χ2v) is 6.02. The van der Waals surface area contributed by atoms with Gasteiger partial charge in [-0.25, -0.2) is 0 Å². The van der Waals surface area contributed by atoms with Gasteiger partial charge in [-0.05, 0) is 27.2 Å². The fourth-order valence-corrected chi connectivity index (χ4v) is 2.76. The zero-order chi connectivity index (χ0) is 13.7. The van der Waals surface area contributed by atoms with E-state index >= 15 is 0 Å². The smallest absolute Gasteiger partial charge is 0.235 e. The summed E-state index contributed by atoms with van der Waals surface area (Å²) >= 11 is 0. The van der Waals surface area contributed by atoms with E-state index in [-0.39, 0.29) is 5.91 Å². The maximum atomic E-state index is 12.1. The molecule has 1 aromatic heterocycles. The van der Waals surface area contributed by atoms with Gasteiger partial charge in [0, 0.05) is 22.9 Å². The molecule has 0 spiro atoms. The Labute approximate surface area is 110 Å². The topological polar surface area (TPSA) is 72.2 Å². The molecule has 1 aromatic rings. The summed E-state index contributed by atoms with van der Waals surface area (Å²) in [7, 11) is -1.26. The summed E-state index contributed by atoms with van der Waals surface area (Å²) in [6.07, 6.45) is 0.870. The average Bonchev–Trinajstić information content (AvgIpc) is 2.66. The van der Waals surface area contributed by atoms with Crippen LogP contribution >= 0.6 is 0 Å². The van der Waals surface area contributed by atoms with Crippen molar-refractivity contribution in [2.24, 2.45) is 0 Å². The molecule has 0 bridgehead atoms. The third-order valence-electron chi connectivity index (χ3n) is 2.78. The first-order valence-corrected chi connectivity index (χ1v) is 7.42. The number of hydrogen-bond acceptors (Lipinski definition) is 4. The van der Waals surface area contributed by atoms with Gasteiger partial charge in [0.15, 0.2) is 0 Å². The number of hydrogen-bond donors (Lipinski definition) is 1. The Hall–Kier alpha value is -1.17. The second-order valence-electron chi connectivity index (χ2n) is 4.26. The number of carbonyl (C=O) groups is 1. The standard InChI is InChI=1S/C12H20N2O3S/c1-5-6-13-12(15)10(4)18(16)7-11-8(2)14-17-9(11)3/h10H,5-7H2,1-4H3,(H,13,15). The van der Waals surface area contributed by atoms with E-state index in [1.54, 1.807) is 13.8 Å². The average molecular weight is 272 g/mol. The number of aryl methyl sites for hydroxylation is 2. The first kappa shape index (κ1) is 14.9. The minimum atomic E-state index is -1.26. The van der Waals surface area contributed by atoms with Crippen LogP contribution in [0.3, 0.4) is 0 Å². The summed E-state index contributed by atoms with van der Waals surface area (Å²) < 4.78 is 17.1. The van der Waals surface area contributed by atoms with E-state index in [4.69, 9.17) is 4.52 Å². The Balaban J connectivity index is 2.63. The van der Waals surface area contributed by atoms with E-state index in [9.17, 15) is 9.00 Å². The number of carbonyl (C=O) groups excluding carboxylic acids is 1. The maximum absolute atomic E-state index is 12.1. The van der Waals surface area contributed by atoms with Crippen LogP contribution in [-0.2, 0) is 21.3 Å². The minimum Gasteiger partial charge on any atom is -0.361 e. The van der Waals surface area contributed by atoms with Crippen LogP contribution in [0.2, 0.25) is 0 Å². The summed E-state index contributed by atoms with van der Waals surface area (Å²) in [6, 6.07) is 0. The number of aromatic nitrogens is 1. The van der Waals surface area contributed by atoms with Crippen molar-refractivity contribution >= 4 is 16.7 Å². The van der Waals surface area contributed by atoms with Gasteiger partial charge >= 0.3 is 0 Å². The van der Waals surface area contributed by atoms with Crippen LogP contribution in [0, 0.1) is 13.8 Å². The monoisotopic (exact) mass is 272 g/mol. The van der Waals surface area contributed by atoms with E-state index in [0.29, 0.717) is 18.1 Å². The Bertz CT molecular complexity index is 423. The lowest BCUT2D eigenvalue weighted by Crippen LogP contribution is -2.36. The Morgan fingerprint density at radius 2 is 2.17 bits per heavy atom.